The zero-order chi connectivity index (χ0) is 12.4. The van der Waals surface area contributed by atoms with Crippen molar-refractivity contribution in [1.29, 1.82) is 0 Å². The lowest BCUT2D eigenvalue weighted by atomic mass is 9.77. The maximum Gasteiger partial charge on any atom is 0.475 e. The molecule has 0 aromatic heterocycles. The van der Waals surface area contributed by atoms with E-state index in [-0.39, 0.29) is 17.9 Å². The highest BCUT2D eigenvalue weighted by atomic mass is 16.4. The predicted octanol–water partition coefficient (Wildman–Crippen LogP) is -0.717. The Labute approximate surface area is 101 Å². The molecule has 1 heterocycles. The molecule has 3 atom stereocenters. The lowest BCUT2D eigenvalue weighted by molar-refractivity contribution is -0.136. The van der Waals surface area contributed by atoms with Crippen molar-refractivity contribution in [2.75, 3.05) is 6.54 Å². The molecule has 1 amide bonds. The Morgan fingerprint density at radius 2 is 2.06 bits per heavy atom. The number of nitrogens with two attached hydrogens (primary N) is 1. The van der Waals surface area contributed by atoms with Crippen LogP contribution >= 0.6 is 0 Å². The van der Waals surface area contributed by atoms with Gasteiger partial charge in [-0.05, 0) is 25.7 Å². The summed E-state index contributed by atoms with van der Waals surface area (Å²) in [6.07, 6.45) is 6.83. The van der Waals surface area contributed by atoms with Gasteiger partial charge in [0.2, 0.25) is 5.91 Å². The number of carbonyl (C=O) groups excluding carboxylic acids is 1. The maximum atomic E-state index is 12.3. The van der Waals surface area contributed by atoms with Crippen molar-refractivity contribution in [1.82, 2.24) is 4.90 Å². The van der Waals surface area contributed by atoms with Crippen molar-refractivity contribution in [3.8, 4) is 0 Å². The summed E-state index contributed by atoms with van der Waals surface area (Å²) in [5.41, 5.74) is 5.95. The molecule has 94 valence electrons. The number of hydrogen-bond donors (Lipinski definition) is 3. The molecule has 2 aliphatic rings. The van der Waals surface area contributed by atoms with E-state index in [9.17, 15) is 14.8 Å². The SMILES string of the molecule is N[C@H]1CC=CC[C@@H]1C(=O)N1CCCC1B(O)O. The van der Waals surface area contributed by atoms with E-state index in [0.29, 0.717) is 19.4 Å². The Hall–Kier alpha value is -0.845. The van der Waals surface area contributed by atoms with Crippen molar-refractivity contribution >= 4 is 13.0 Å². The molecule has 0 saturated carbocycles. The molecule has 5 nitrogen and oxygen atoms in total. The molecule has 6 heteroatoms. The van der Waals surface area contributed by atoms with Crippen LogP contribution in [0, 0.1) is 5.92 Å². The summed E-state index contributed by atoms with van der Waals surface area (Å²) in [7, 11) is -1.45. The van der Waals surface area contributed by atoms with Crippen LogP contribution in [-0.2, 0) is 4.79 Å². The summed E-state index contributed by atoms with van der Waals surface area (Å²) in [6.45, 7) is 0.605. The number of carbonyl (C=O) groups is 1. The summed E-state index contributed by atoms with van der Waals surface area (Å²) in [6, 6.07) is -0.149. The number of hydrogen-bond acceptors (Lipinski definition) is 4. The molecule has 0 aromatic rings. The summed E-state index contributed by atoms with van der Waals surface area (Å²) < 4.78 is 0. The zero-order valence-corrected chi connectivity index (χ0v) is 9.83. The first kappa shape index (κ1) is 12.6. The van der Waals surface area contributed by atoms with Crippen molar-refractivity contribution in [3.05, 3.63) is 12.2 Å². The minimum absolute atomic E-state index is 0.0301. The van der Waals surface area contributed by atoms with Crippen LogP contribution < -0.4 is 5.73 Å². The highest BCUT2D eigenvalue weighted by Gasteiger charge is 2.40. The molecular formula is C11H19BN2O3. The van der Waals surface area contributed by atoms with E-state index >= 15 is 0 Å². The average molecular weight is 238 g/mol. The topological polar surface area (TPSA) is 86.8 Å². The van der Waals surface area contributed by atoms with Crippen LogP contribution in [0.4, 0.5) is 0 Å². The van der Waals surface area contributed by atoms with E-state index in [2.05, 4.69) is 0 Å². The first-order chi connectivity index (χ1) is 8.11. The highest BCUT2D eigenvalue weighted by molar-refractivity contribution is 6.43. The third-order valence-electron chi connectivity index (χ3n) is 3.73. The van der Waals surface area contributed by atoms with Gasteiger partial charge in [-0.3, -0.25) is 4.79 Å². The monoisotopic (exact) mass is 238 g/mol. The second-order valence-corrected chi connectivity index (χ2v) is 4.87. The predicted molar refractivity (Wildman–Crippen MR) is 64.8 cm³/mol. The largest absolute Gasteiger partial charge is 0.475 e. The van der Waals surface area contributed by atoms with Gasteiger partial charge in [-0.2, -0.15) is 0 Å². The minimum atomic E-state index is -1.45. The molecule has 2 rings (SSSR count). The molecule has 0 aromatic carbocycles. The van der Waals surface area contributed by atoms with Crippen LogP contribution in [-0.4, -0.2) is 46.5 Å². The quantitative estimate of drug-likeness (QED) is 0.438. The second-order valence-electron chi connectivity index (χ2n) is 4.87. The van der Waals surface area contributed by atoms with Gasteiger partial charge in [-0.15, -0.1) is 0 Å². The normalized spacial score (nSPS) is 32.9. The molecular weight excluding hydrogens is 219 g/mol. The number of likely N-dealkylation sites (tertiary alicyclic amines) is 1. The van der Waals surface area contributed by atoms with Gasteiger partial charge >= 0.3 is 7.12 Å². The van der Waals surface area contributed by atoms with Crippen LogP contribution in [0.15, 0.2) is 12.2 Å². The number of amides is 1. The Balaban J connectivity index is 2.06. The first-order valence-corrected chi connectivity index (χ1v) is 6.18. The van der Waals surface area contributed by atoms with E-state index in [4.69, 9.17) is 5.73 Å². The molecule has 1 fully saturated rings. The van der Waals surface area contributed by atoms with Crippen LogP contribution in [0.25, 0.3) is 0 Å². The van der Waals surface area contributed by atoms with Gasteiger partial charge in [0.05, 0.1) is 11.9 Å². The Morgan fingerprint density at radius 3 is 2.71 bits per heavy atom. The Kier molecular flexibility index (Phi) is 3.86. The standard InChI is InChI=1S/C11H19BN2O3/c13-9-5-2-1-4-8(9)11(15)14-7-3-6-10(14)12(16)17/h1-2,8-10,16-17H,3-7,13H2/t8-,9-,10?/m0/s1. The van der Waals surface area contributed by atoms with Gasteiger partial charge in [0.25, 0.3) is 0 Å². The van der Waals surface area contributed by atoms with E-state index < -0.39 is 13.1 Å². The average Bonchev–Trinajstić information content (AvgIpc) is 2.77. The van der Waals surface area contributed by atoms with E-state index in [1.807, 2.05) is 12.2 Å². The lowest BCUT2D eigenvalue weighted by Crippen LogP contribution is -2.51. The third-order valence-corrected chi connectivity index (χ3v) is 3.73. The summed E-state index contributed by atoms with van der Waals surface area (Å²) >= 11 is 0. The molecule has 17 heavy (non-hydrogen) atoms. The van der Waals surface area contributed by atoms with Gasteiger partial charge < -0.3 is 20.7 Å². The van der Waals surface area contributed by atoms with Gasteiger partial charge in [-0.25, -0.2) is 0 Å². The van der Waals surface area contributed by atoms with Gasteiger partial charge in [0.1, 0.15) is 0 Å². The van der Waals surface area contributed by atoms with Crippen molar-refractivity contribution in [3.63, 3.8) is 0 Å². The molecule has 1 aliphatic heterocycles. The fraction of sp³-hybridized carbons (Fsp3) is 0.727. The summed E-state index contributed by atoms with van der Waals surface area (Å²) in [4.78, 5) is 13.9. The van der Waals surface area contributed by atoms with Crippen LogP contribution in [0.2, 0.25) is 0 Å². The number of rotatable bonds is 2. The molecule has 1 saturated heterocycles. The van der Waals surface area contributed by atoms with Gasteiger partial charge in [0, 0.05) is 12.6 Å². The van der Waals surface area contributed by atoms with Crippen molar-refractivity contribution in [2.45, 2.75) is 37.7 Å². The zero-order valence-electron chi connectivity index (χ0n) is 9.83. The molecule has 0 bridgehead atoms. The van der Waals surface area contributed by atoms with Gasteiger partial charge in [-0.1, -0.05) is 12.2 Å². The summed E-state index contributed by atoms with van der Waals surface area (Å²) in [5, 5.41) is 18.5. The number of nitrogens with zero attached hydrogens (tertiary/aromatic N) is 1. The molecule has 0 radical (unpaired) electrons. The molecule has 4 N–H and O–H groups in total. The van der Waals surface area contributed by atoms with E-state index in [0.717, 1.165) is 12.8 Å². The molecule has 1 unspecified atom stereocenters. The maximum absolute atomic E-state index is 12.3. The van der Waals surface area contributed by atoms with Crippen molar-refractivity contribution < 1.29 is 14.8 Å². The van der Waals surface area contributed by atoms with Crippen LogP contribution in [0.3, 0.4) is 0 Å². The Morgan fingerprint density at radius 1 is 1.35 bits per heavy atom. The van der Waals surface area contributed by atoms with Crippen LogP contribution in [0.5, 0.6) is 0 Å². The lowest BCUT2D eigenvalue weighted by Gasteiger charge is -2.31. The van der Waals surface area contributed by atoms with Crippen LogP contribution in [0.1, 0.15) is 25.7 Å². The fourth-order valence-electron chi connectivity index (χ4n) is 2.71. The Bertz CT molecular complexity index is 322. The minimum Gasteiger partial charge on any atom is -0.426 e. The smallest absolute Gasteiger partial charge is 0.426 e. The van der Waals surface area contributed by atoms with Gasteiger partial charge in [0.15, 0.2) is 0 Å². The highest BCUT2D eigenvalue weighted by Crippen LogP contribution is 2.25. The van der Waals surface area contributed by atoms with E-state index in [1.165, 1.54) is 0 Å². The van der Waals surface area contributed by atoms with Crippen molar-refractivity contribution in [2.24, 2.45) is 11.7 Å². The second kappa shape index (κ2) is 5.20. The number of allylic oxidation sites excluding steroid dienone is 1. The fourth-order valence-corrected chi connectivity index (χ4v) is 2.71. The summed E-state index contributed by atoms with van der Waals surface area (Å²) in [5.74, 6) is -0.697. The third kappa shape index (κ3) is 2.54. The van der Waals surface area contributed by atoms with E-state index in [1.54, 1.807) is 4.90 Å². The molecule has 1 aliphatic carbocycles. The first-order valence-electron chi connectivity index (χ1n) is 6.18. The molecule has 0 spiro atoms.